The molecule has 13 heavy (non-hydrogen) atoms. The second kappa shape index (κ2) is 3.52. The van der Waals surface area contributed by atoms with E-state index in [4.69, 9.17) is 4.74 Å². The Hall–Kier alpha value is -0.790. The number of carbonyl (C=O) groups is 1. The van der Waals surface area contributed by atoms with Gasteiger partial charge in [-0.25, -0.2) is 0 Å². The van der Waals surface area contributed by atoms with Crippen molar-refractivity contribution in [1.82, 2.24) is 0 Å². The van der Waals surface area contributed by atoms with E-state index in [0.717, 1.165) is 25.2 Å². The van der Waals surface area contributed by atoms with E-state index in [9.17, 15) is 4.79 Å². The average Bonchev–Trinajstić information content (AvgIpc) is 2.16. The Bertz CT molecular complexity index is 232. The highest BCUT2D eigenvalue weighted by molar-refractivity contribution is 5.72. The lowest BCUT2D eigenvalue weighted by atomic mass is 9.71. The molecule has 0 aliphatic heterocycles. The maximum Gasteiger partial charge on any atom is 0.308 e. The van der Waals surface area contributed by atoms with Gasteiger partial charge in [0, 0.05) is 0 Å². The molecule has 2 aliphatic rings. The van der Waals surface area contributed by atoms with Crippen LogP contribution >= 0.6 is 0 Å². The quantitative estimate of drug-likeness (QED) is 0.456. The molecule has 3 atom stereocenters. The van der Waals surface area contributed by atoms with Gasteiger partial charge in [-0.05, 0) is 37.5 Å². The first-order valence-corrected chi connectivity index (χ1v) is 5.04. The molecule has 0 radical (unpaired) electrons. The van der Waals surface area contributed by atoms with Crippen LogP contribution in [0.15, 0.2) is 12.2 Å². The fourth-order valence-corrected chi connectivity index (χ4v) is 2.66. The van der Waals surface area contributed by atoms with Crippen molar-refractivity contribution in [1.29, 1.82) is 0 Å². The minimum atomic E-state index is -0.00926. The summed E-state index contributed by atoms with van der Waals surface area (Å²) in [5.74, 6) is 1.52. The van der Waals surface area contributed by atoms with Gasteiger partial charge in [-0.1, -0.05) is 12.2 Å². The monoisotopic (exact) mass is 180 g/mol. The molecule has 0 heterocycles. The van der Waals surface area contributed by atoms with Crippen LogP contribution in [0.4, 0.5) is 0 Å². The van der Waals surface area contributed by atoms with Crippen LogP contribution in [0.3, 0.4) is 0 Å². The third-order valence-electron chi connectivity index (χ3n) is 3.25. The van der Waals surface area contributed by atoms with E-state index in [1.165, 1.54) is 13.5 Å². The molecule has 2 bridgehead atoms. The zero-order valence-electron chi connectivity index (χ0n) is 8.03. The summed E-state index contributed by atoms with van der Waals surface area (Å²) in [5, 5.41) is 0. The van der Waals surface area contributed by atoms with Crippen LogP contribution in [0.25, 0.3) is 0 Å². The van der Waals surface area contributed by atoms with Gasteiger partial charge in [0.2, 0.25) is 0 Å². The number of rotatable bonds is 1. The molecule has 72 valence electrons. The molecule has 2 nitrogen and oxygen atoms in total. The van der Waals surface area contributed by atoms with E-state index in [1.54, 1.807) is 0 Å². The van der Waals surface area contributed by atoms with Gasteiger partial charge in [0.05, 0.1) is 13.0 Å². The zero-order chi connectivity index (χ0) is 9.26. The van der Waals surface area contributed by atoms with Gasteiger partial charge in [-0.2, -0.15) is 0 Å². The van der Waals surface area contributed by atoms with Crippen LogP contribution in [0.2, 0.25) is 0 Å². The Morgan fingerprint density at radius 1 is 1.38 bits per heavy atom. The highest BCUT2D eigenvalue weighted by Gasteiger charge is 2.33. The highest BCUT2D eigenvalue weighted by atomic mass is 16.5. The highest BCUT2D eigenvalue weighted by Crippen LogP contribution is 2.39. The van der Waals surface area contributed by atoms with Crippen molar-refractivity contribution in [3.8, 4) is 0 Å². The Balaban J connectivity index is 2.03. The number of hydrogen-bond acceptors (Lipinski definition) is 2. The third kappa shape index (κ3) is 1.77. The first-order valence-electron chi connectivity index (χ1n) is 5.04. The van der Waals surface area contributed by atoms with Crippen molar-refractivity contribution >= 4 is 5.97 Å². The van der Waals surface area contributed by atoms with Crippen LogP contribution in [-0.2, 0) is 9.53 Å². The van der Waals surface area contributed by atoms with Gasteiger partial charge in [-0.15, -0.1) is 0 Å². The maximum absolute atomic E-state index is 11.4. The third-order valence-corrected chi connectivity index (χ3v) is 3.25. The standard InChI is InChI=1S/C11H16O2/c1-13-11(12)10-6-8-3-2-4-9(5-8)7-10/h2-3,8-10H,4-7H2,1H3. The van der Waals surface area contributed by atoms with Crippen molar-refractivity contribution in [2.45, 2.75) is 25.7 Å². The molecule has 1 fully saturated rings. The SMILES string of the molecule is COC(=O)C1CC2C=CCC(C2)C1. The lowest BCUT2D eigenvalue weighted by molar-refractivity contribution is -0.147. The lowest BCUT2D eigenvalue weighted by Crippen LogP contribution is -2.29. The van der Waals surface area contributed by atoms with Crippen molar-refractivity contribution in [2.24, 2.45) is 17.8 Å². The summed E-state index contributed by atoms with van der Waals surface area (Å²) < 4.78 is 4.79. The Morgan fingerprint density at radius 2 is 2.23 bits per heavy atom. The smallest absolute Gasteiger partial charge is 0.308 e. The molecule has 2 rings (SSSR count). The molecule has 0 aromatic heterocycles. The maximum atomic E-state index is 11.4. The lowest BCUT2D eigenvalue weighted by Gasteiger charge is -2.34. The number of ether oxygens (including phenoxy) is 1. The Kier molecular flexibility index (Phi) is 2.38. The van der Waals surface area contributed by atoms with Gasteiger partial charge in [0.15, 0.2) is 0 Å². The molecule has 3 unspecified atom stereocenters. The van der Waals surface area contributed by atoms with Crippen LogP contribution in [-0.4, -0.2) is 13.1 Å². The zero-order valence-corrected chi connectivity index (χ0v) is 8.03. The normalized spacial score (nSPS) is 37.2. The molecule has 0 amide bonds. The van der Waals surface area contributed by atoms with Gasteiger partial charge in [-0.3, -0.25) is 4.79 Å². The summed E-state index contributed by atoms with van der Waals surface area (Å²) in [6.07, 6.45) is 9.01. The van der Waals surface area contributed by atoms with Gasteiger partial charge in [0.25, 0.3) is 0 Å². The van der Waals surface area contributed by atoms with E-state index < -0.39 is 0 Å². The van der Waals surface area contributed by atoms with E-state index >= 15 is 0 Å². The predicted octanol–water partition coefficient (Wildman–Crippen LogP) is 2.15. The number of carbonyl (C=O) groups excluding carboxylic acids is 1. The minimum Gasteiger partial charge on any atom is -0.469 e. The molecular weight excluding hydrogens is 164 g/mol. The number of esters is 1. The molecule has 0 N–H and O–H groups in total. The van der Waals surface area contributed by atoms with E-state index in [0.29, 0.717) is 5.92 Å². The Morgan fingerprint density at radius 3 is 2.92 bits per heavy atom. The van der Waals surface area contributed by atoms with Gasteiger partial charge in [0.1, 0.15) is 0 Å². The summed E-state index contributed by atoms with van der Waals surface area (Å²) in [7, 11) is 1.49. The summed E-state index contributed by atoms with van der Waals surface area (Å²) in [6, 6.07) is 0. The summed E-state index contributed by atoms with van der Waals surface area (Å²) in [6.45, 7) is 0. The molecule has 2 aliphatic carbocycles. The molecule has 1 saturated carbocycles. The number of hydrogen-bond donors (Lipinski definition) is 0. The predicted molar refractivity (Wildman–Crippen MR) is 50.1 cm³/mol. The number of fused-ring (bicyclic) bond motifs is 2. The molecular formula is C11H16O2. The molecule has 0 saturated heterocycles. The summed E-state index contributed by atoms with van der Waals surface area (Å²) in [4.78, 5) is 11.4. The number of allylic oxidation sites excluding steroid dienone is 2. The first kappa shape index (κ1) is 8.79. The van der Waals surface area contributed by atoms with Crippen molar-refractivity contribution < 1.29 is 9.53 Å². The largest absolute Gasteiger partial charge is 0.469 e. The van der Waals surface area contributed by atoms with E-state index in [-0.39, 0.29) is 11.9 Å². The van der Waals surface area contributed by atoms with Crippen LogP contribution < -0.4 is 0 Å². The van der Waals surface area contributed by atoms with Crippen LogP contribution in [0, 0.1) is 17.8 Å². The minimum absolute atomic E-state index is 0.00926. The Labute approximate surface area is 79.0 Å². The van der Waals surface area contributed by atoms with Crippen LogP contribution in [0.1, 0.15) is 25.7 Å². The second-order valence-electron chi connectivity index (χ2n) is 4.22. The van der Waals surface area contributed by atoms with Crippen molar-refractivity contribution in [3.63, 3.8) is 0 Å². The molecule has 2 heteroatoms. The topological polar surface area (TPSA) is 26.3 Å². The van der Waals surface area contributed by atoms with Crippen molar-refractivity contribution in [2.75, 3.05) is 7.11 Å². The van der Waals surface area contributed by atoms with E-state index in [1.807, 2.05) is 0 Å². The second-order valence-corrected chi connectivity index (χ2v) is 4.22. The van der Waals surface area contributed by atoms with Crippen LogP contribution in [0.5, 0.6) is 0 Å². The first-order chi connectivity index (χ1) is 6.29. The van der Waals surface area contributed by atoms with Crippen molar-refractivity contribution in [3.05, 3.63) is 12.2 Å². The molecule has 0 aromatic carbocycles. The fraction of sp³-hybridized carbons (Fsp3) is 0.727. The molecule has 0 aromatic rings. The molecule has 0 spiro atoms. The summed E-state index contributed by atoms with van der Waals surface area (Å²) in [5.41, 5.74) is 0. The average molecular weight is 180 g/mol. The summed E-state index contributed by atoms with van der Waals surface area (Å²) >= 11 is 0. The van der Waals surface area contributed by atoms with Gasteiger partial charge < -0.3 is 4.74 Å². The number of methoxy groups -OCH3 is 1. The van der Waals surface area contributed by atoms with E-state index in [2.05, 4.69) is 12.2 Å². The fourth-order valence-electron chi connectivity index (χ4n) is 2.66. The van der Waals surface area contributed by atoms with Gasteiger partial charge >= 0.3 is 5.97 Å².